The highest BCUT2D eigenvalue weighted by molar-refractivity contribution is 7.93. The van der Waals surface area contributed by atoms with Crippen LogP contribution >= 0.6 is 0 Å². The summed E-state index contributed by atoms with van der Waals surface area (Å²) < 4.78 is 36.1. The fourth-order valence-corrected chi connectivity index (χ4v) is 5.46. The smallest absolute Gasteiger partial charge is 0.238 e. The van der Waals surface area contributed by atoms with Crippen LogP contribution in [0.1, 0.15) is 30.9 Å². The number of carbonyl (C=O) groups is 1. The van der Waals surface area contributed by atoms with Gasteiger partial charge in [0.1, 0.15) is 5.25 Å². The number of nitrogens with zero attached hydrogens (tertiary/aromatic N) is 1. The summed E-state index contributed by atoms with van der Waals surface area (Å²) in [6.45, 7) is 6.74. The molecule has 2 aliphatic rings. The molecular weight excluding hydrogens is 380 g/mol. The number of rotatable bonds is 7. The van der Waals surface area contributed by atoms with Gasteiger partial charge in [-0.1, -0.05) is 24.3 Å². The van der Waals surface area contributed by atoms with Crippen LogP contribution in [0.15, 0.2) is 24.3 Å². The SMILES string of the molecule is C[C@H](C(=O)NCc1ccccc1CN1CCOCC1)S(=O)(=O)C1CCOCC1. The molecule has 1 N–H and O–H groups in total. The fraction of sp³-hybridized carbons (Fsp3) is 0.650. The maximum Gasteiger partial charge on any atom is 0.238 e. The van der Waals surface area contributed by atoms with E-state index in [1.54, 1.807) is 0 Å². The molecule has 156 valence electrons. The van der Waals surface area contributed by atoms with Crippen molar-refractivity contribution in [3.05, 3.63) is 35.4 Å². The van der Waals surface area contributed by atoms with Crippen LogP contribution < -0.4 is 5.32 Å². The van der Waals surface area contributed by atoms with Crippen molar-refractivity contribution >= 4 is 15.7 Å². The van der Waals surface area contributed by atoms with Crippen molar-refractivity contribution in [1.29, 1.82) is 0 Å². The molecule has 2 saturated heterocycles. The number of hydrogen-bond acceptors (Lipinski definition) is 6. The molecule has 8 heteroatoms. The average Bonchev–Trinajstić information content (AvgIpc) is 2.73. The van der Waals surface area contributed by atoms with Crippen molar-refractivity contribution in [2.75, 3.05) is 39.5 Å². The first-order chi connectivity index (χ1) is 13.5. The summed E-state index contributed by atoms with van der Waals surface area (Å²) in [5.41, 5.74) is 2.16. The molecule has 7 nitrogen and oxygen atoms in total. The molecule has 28 heavy (non-hydrogen) atoms. The van der Waals surface area contributed by atoms with E-state index in [1.165, 1.54) is 6.92 Å². The van der Waals surface area contributed by atoms with Crippen molar-refractivity contribution in [1.82, 2.24) is 10.2 Å². The number of sulfone groups is 1. The monoisotopic (exact) mass is 410 g/mol. The van der Waals surface area contributed by atoms with Crippen molar-refractivity contribution in [2.45, 2.75) is 43.4 Å². The Morgan fingerprint density at radius 1 is 1.11 bits per heavy atom. The Hall–Kier alpha value is -1.48. The van der Waals surface area contributed by atoms with Crippen LogP contribution in [-0.4, -0.2) is 69.2 Å². The quantitative estimate of drug-likeness (QED) is 0.725. The van der Waals surface area contributed by atoms with Gasteiger partial charge in [-0.3, -0.25) is 9.69 Å². The number of nitrogens with one attached hydrogen (secondary N) is 1. The van der Waals surface area contributed by atoms with Gasteiger partial charge in [0.05, 0.1) is 18.5 Å². The zero-order valence-electron chi connectivity index (χ0n) is 16.4. The topological polar surface area (TPSA) is 84.9 Å². The Kier molecular flexibility index (Phi) is 7.45. The Labute approximate surface area is 167 Å². The summed E-state index contributed by atoms with van der Waals surface area (Å²) in [4.78, 5) is 14.9. The van der Waals surface area contributed by atoms with E-state index in [0.717, 1.165) is 44.0 Å². The molecule has 2 fully saturated rings. The van der Waals surface area contributed by atoms with E-state index in [4.69, 9.17) is 9.47 Å². The third-order valence-electron chi connectivity index (χ3n) is 5.56. The highest BCUT2D eigenvalue weighted by Gasteiger charge is 2.36. The fourth-order valence-electron chi connectivity index (χ4n) is 3.65. The van der Waals surface area contributed by atoms with Crippen LogP contribution in [0.3, 0.4) is 0 Å². The number of hydrogen-bond donors (Lipinski definition) is 1. The largest absolute Gasteiger partial charge is 0.381 e. The van der Waals surface area contributed by atoms with E-state index in [0.29, 0.717) is 32.6 Å². The maximum atomic E-state index is 12.7. The lowest BCUT2D eigenvalue weighted by Gasteiger charge is -2.27. The molecule has 1 atom stereocenters. The van der Waals surface area contributed by atoms with Crippen molar-refractivity contribution in [3.63, 3.8) is 0 Å². The van der Waals surface area contributed by atoms with Gasteiger partial charge in [-0.05, 0) is 30.9 Å². The molecule has 0 aromatic heterocycles. The predicted molar refractivity (Wildman–Crippen MR) is 107 cm³/mol. The van der Waals surface area contributed by atoms with Gasteiger partial charge in [0.15, 0.2) is 9.84 Å². The molecule has 3 rings (SSSR count). The average molecular weight is 411 g/mol. The standard InChI is InChI=1S/C20H30N2O5S/c1-16(28(24,25)19-6-10-26-11-7-19)20(23)21-14-17-4-2-3-5-18(17)15-22-8-12-27-13-9-22/h2-5,16,19H,6-15H2,1H3,(H,21,23)/t16-/m1/s1. The number of carbonyl (C=O) groups excluding carboxylic acids is 1. The van der Waals surface area contributed by atoms with Crippen molar-refractivity contribution < 1.29 is 22.7 Å². The van der Waals surface area contributed by atoms with Gasteiger partial charge in [0, 0.05) is 39.4 Å². The summed E-state index contributed by atoms with van der Waals surface area (Å²) in [6.07, 6.45) is 0.921. The summed E-state index contributed by atoms with van der Waals surface area (Å²) >= 11 is 0. The summed E-state index contributed by atoms with van der Waals surface area (Å²) in [5, 5.41) is 1.29. The highest BCUT2D eigenvalue weighted by atomic mass is 32.2. The van der Waals surface area contributed by atoms with E-state index >= 15 is 0 Å². The minimum absolute atomic E-state index is 0.326. The first-order valence-corrected chi connectivity index (χ1v) is 11.5. The molecular formula is C20H30N2O5S. The summed E-state index contributed by atoms with van der Waals surface area (Å²) in [5.74, 6) is -0.437. The lowest BCUT2D eigenvalue weighted by Crippen LogP contribution is -2.43. The normalized spacial score (nSPS) is 20.6. The number of benzene rings is 1. The van der Waals surface area contributed by atoms with Crippen LogP contribution in [0.4, 0.5) is 0 Å². The molecule has 1 aromatic rings. The van der Waals surface area contributed by atoms with Gasteiger partial charge < -0.3 is 14.8 Å². The first kappa shape index (κ1) is 21.2. The molecule has 1 amide bonds. The van der Waals surface area contributed by atoms with Gasteiger partial charge in [-0.15, -0.1) is 0 Å². The van der Waals surface area contributed by atoms with Crippen molar-refractivity contribution in [3.8, 4) is 0 Å². The van der Waals surface area contributed by atoms with Crippen LogP contribution in [0.25, 0.3) is 0 Å². The van der Waals surface area contributed by atoms with Crippen LogP contribution in [0.2, 0.25) is 0 Å². The second-order valence-electron chi connectivity index (χ2n) is 7.42. The lowest BCUT2D eigenvalue weighted by atomic mass is 10.1. The Morgan fingerprint density at radius 3 is 2.39 bits per heavy atom. The lowest BCUT2D eigenvalue weighted by molar-refractivity contribution is -0.120. The first-order valence-electron chi connectivity index (χ1n) is 9.93. The van der Waals surface area contributed by atoms with E-state index in [1.807, 2.05) is 18.2 Å². The third kappa shape index (κ3) is 5.31. The van der Waals surface area contributed by atoms with Crippen LogP contribution in [0, 0.1) is 0 Å². The number of ether oxygens (including phenoxy) is 2. The maximum absolute atomic E-state index is 12.7. The zero-order chi connectivity index (χ0) is 20.0. The van der Waals surface area contributed by atoms with Crippen LogP contribution in [0.5, 0.6) is 0 Å². The molecule has 2 aliphatic heterocycles. The number of morpholine rings is 1. The Morgan fingerprint density at radius 2 is 1.71 bits per heavy atom. The van der Waals surface area contributed by atoms with E-state index < -0.39 is 26.2 Å². The van der Waals surface area contributed by atoms with Gasteiger partial charge in [0.2, 0.25) is 5.91 Å². The second kappa shape index (κ2) is 9.82. The van der Waals surface area contributed by atoms with Crippen LogP contribution in [-0.2, 0) is 37.2 Å². The second-order valence-corrected chi connectivity index (χ2v) is 9.97. The summed E-state index contributed by atoms with van der Waals surface area (Å²) in [6, 6.07) is 7.96. The van der Waals surface area contributed by atoms with Gasteiger partial charge in [-0.25, -0.2) is 8.42 Å². The summed E-state index contributed by atoms with van der Waals surface area (Å²) in [7, 11) is -3.51. The Balaban J connectivity index is 1.59. The molecule has 2 heterocycles. The van der Waals surface area contributed by atoms with E-state index in [-0.39, 0.29) is 0 Å². The van der Waals surface area contributed by atoms with Gasteiger partial charge in [-0.2, -0.15) is 0 Å². The van der Waals surface area contributed by atoms with E-state index in [2.05, 4.69) is 16.3 Å². The highest BCUT2D eigenvalue weighted by Crippen LogP contribution is 2.20. The minimum Gasteiger partial charge on any atom is -0.381 e. The molecule has 0 bridgehead atoms. The Bertz CT molecular complexity index is 756. The predicted octanol–water partition coefficient (Wildman–Crippen LogP) is 1.12. The molecule has 1 aromatic carbocycles. The molecule has 0 aliphatic carbocycles. The van der Waals surface area contributed by atoms with Gasteiger partial charge in [0.25, 0.3) is 0 Å². The van der Waals surface area contributed by atoms with Gasteiger partial charge >= 0.3 is 0 Å². The minimum atomic E-state index is -3.51. The molecule has 0 unspecified atom stereocenters. The van der Waals surface area contributed by atoms with Crippen molar-refractivity contribution in [2.24, 2.45) is 0 Å². The molecule has 0 saturated carbocycles. The number of amides is 1. The zero-order valence-corrected chi connectivity index (χ0v) is 17.2. The molecule has 0 spiro atoms. The third-order valence-corrected chi connectivity index (χ3v) is 8.16. The van der Waals surface area contributed by atoms with E-state index in [9.17, 15) is 13.2 Å². The molecule has 0 radical (unpaired) electrons.